The molecule has 4 rings (SSSR count). The van der Waals surface area contributed by atoms with Gasteiger partial charge in [-0.3, -0.25) is 4.79 Å². The molecule has 10 N–H and O–H groups in total. The van der Waals surface area contributed by atoms with Crippen LogP contribution in [0.15, 0.2) is 24.0 Å². The molecule has 0 aromatic heterocycles. The third-order valence-electron chi connectivity index (χ3n) is 9.29. The Labute approximate surface area is 317 Å². The van der Waals surface area contributed by atoms with E-state index in [1.807, 2.05) is 6.08 Å². The highest BCUT2D eigenvalue weighted by Gasteiger charge is 2.50. The van der Waals surface area contributed by atoms with Crippen LogP contribution in [0.1, 0.15) is 67.2 Å². The number of aliphatic hydroxyl groups is 3. The molecule has 18 nitrogen and oxygen atoms in total. The Kier molecular flexibility index (Phi) is 14.8. The number of ether oxygens (including phenoxy) is 6. The lowest BCUT2D eigenvalue weighted by Gasteiger charge is -2.48. The molecule has 0 bridgehead atoms. The predicted octanol–water partition coefficient (Wildman–Crippen LogP) is -0.315. The predicted molar refractivity (Wildman–Crippen MR) is 194 cm³/mol. The van der Waals surface area contributed by atoms with E-state index in [2.05, 4.69) is 22.5 Å². The van der Waals surface area contributed by atoms with Crippen LogP contribution in [0, 0.1) is 5.92 Å². The van der Waals surface area contributed by atoms with E-state index in [0.29, 0.717) is 30.2 Å². The van der Waals surface area contributed by atoms with E-state index in [1.54, 1.807) is 41.5 Å². The number of likely N-dealkylation sites (N-methyl/N-ethyl adjacent to an activating group) is 1. The van der Waals surface area contributed by atoms with Crippen LogP contribution in [-0.2, 0) is 33.2 Å². The van der Waals surface area contributed by atoms with Crippen molar-refractivity contribution in [2.24, 2.45) is 17.4 Å². The highest BCUT2D eigenvalue weighted by atomic mass is 16.7. The van der Waals surface area contributed by atoms with Gasteiger partial charge < -0.3 is 76.1 Å². The number of carbonyl (C=O) groups is 3. The van der Waals surface area contributed by atoms with Crippen LogP contribution in [0.3, 0.4) is 0 Å². The molecule has 54 heavy (non-hydrogen) atoms. The number of amides is 3. The fraction of sp³-hybridized carbons (Fsp3) is 0.806. The molecule has 2 heterocycles. The monoisotopic (exact) mass is 770 g/mol. The van der Waals surface area contributed by atoms with Gasteiger partial charge in [-0.15, -0.1) is 0 Å². The van der Waals surface area contributed by atoms with Crippen molar-refractivity contribution in [2.45, 2.75) is 146 Å². The molecular weight excluding hydrogens is 708 g/mol. The largest absolute Gasteiger partial charge is 0.467 e. The van der Waals surface area contributed by atoms with E-state index in [0.717, 1.165) is 6.54 Å². The van der Waals surface area contributed by atoms with Crippen molar-refractivity contribution in [1.29, 1.82) is 0 Å². The first-order chi connectivity index (χ1) is 25.1. The Hall–Kier alpha value is -3.07. The van der Waals surface area contributed by atoms with Crippen molar-refractivity contribution >= 4 is 18.1 Å². The second kappa shape index (κ2) is 18.3. The number of nitrogens with two attached hydrogens (primary N) is 2. The molecule has 18 heteroatoms. The zero-order chi connectivity index (χ0) is 40.1. The van der Waals surface area contributed by atoms with Gasteiger partial charge in [0.05, 0.1) is 37.8 Å². The third-order valence-corrected chi connectivity index (χ3v) is 9.29. The lowest BCUT2D eigenvalue weighted by molar-refractivity contribution is -0.278. The molecule has 0 spiro atoms. The van der Waals surface area contributed by atoms with Crippen LogP contribution < -0.4 is 27.4 Å². The highest BCUT2D eigenvalue weighted by Crippen LogP contribution is 2.33. The van der Waals surface area contributed by atoms with Gasteiger partial charge in [-0.2, -0.15) is 0 Å². The highest BCUT2D eigenvalue weighted by molar-refractivity contribution is 5.81. The summed E-state index contributed by atoms with van der Waals surface area (Å²) in [7, 11) is 1.45. The summed E-state index contributed by atoms with van der Waals surface area (Å²) >= 11 is 0. The molecule has 0 radical (unpaired) electrons. The molecule has 0 aromatic carbocycles. The number of rotatable bonds is 13. The van der Waals surface area contributed by atoms with Crippen molar-refractivity contribution in [3.05, 3.63) is 24.0 Å². The molecule has 2 aliphatic heterocycles. The first-order valence-corrected chi connectivity index (χ1v) is 18.6. The van der Waals surface area contributed by atoms with Crippen LogP contribution in [0.4, 0.5) is 9.59 Å². The van der Waals surface area contributed by atoms with Gasteiger partial charge in [0.25, 0.3) is 5.91 Å². The minimum absolute atomic E-state index is 0.0330. The molecule has 11 atom stereocenters. The van der Waals surface area contributed by atoms with Gasteiger partial charge in [-0.1, -0.05) is 6.58 Å². The summed E-state index contributed by atoms with van der Waals surface area (Å²) in [5.41, 5.74) is 11.7. The smallest absolute Gasteiger partial charge is 0.410 e. The molecule has 0 aromatic rings. The molecule has 308 valence electrons. The maximum Gasteiger partial charge on any atom is 0.410 e. The quantitative estimate of drug-likeness (QED) is 0.112. The molecule has 2 saturated carbocycles. The number of carbonyl (C=O) groups excluding carboxylic acids is 3. The van der Waals surface area contributed by atoms with E-state index < -0.39 is 103 Å². The van der Waals surface area contributed by atoms with Crippen molar-refractivity contribution in [3.63, 3.8) is 0 Å². The number of hydrogen-bond donors (Lipinski definition) is 8. The van der Waals surface area contributed by atoms with Crippen molar-refractivity contribution < 1.29 is 58.1 Å². The minimum atomic E-state index is -1.72. The lowest BCUT2D eigenvalue weighted by atomic mass is 9.83. The molecule has 0 unspecified atom stereocenters. The van der Waals surface area contributed by atoms with Crippen LogP contribution >= 0.6 is 0 Å². The summed E-state index contributed by atoms with van der Waals surface area (Å²) in [6.45, 7) is 14.8. The summed E-state index contributed by atoms with van der Waals surface area (Å²) in [4.78, 5) is 39.5. The number of aliphatic hydroxyl groups excluding tert-OH is 3. The number of alkyl carbamates (subject to hydrolysis) is 1. The molecule has 3 fully saturated rings. The lowest BCUT2D eigenvalue weighted by Crippen LogP contribution is -2.68. The first kappa shape index (κ1) is 43.7. The first-order valence-electron chi connectivity index (χ1n) is 18.6. The Morgan fingerprint density at radius 1 is 1.00 bits per heavy atom. The minimum Gasteiger partial charge on any atom is -0.467 e. The van der Waals surface area contributed by atoms with Gasteiger partial charge in [0, 0.05) is 13.1 Å². The van der Waals surface area contributed by atoms with Gasteiger partial charge in [-0.05, 0) is 91.3 Å². The van der Waals surface area contributed by atoms with Gasteiger partial charge in [0.1, 0.15) is 47.5 Å². The average Bonchev–Trinajstić information content (AvgIpc) is 3.88. The van der Waals surface area contributed by atoms with Crippen molar-refractivity contribution in [3.8, 4) is 0 Å². The number of nitrogens with one attached hydrogen (secondary N) is 3. The van der Waals surface area contributed by atoms with Crippen LogP contribution in [0.25, 0.3) is 0 Å². The van der Waals surface area contributed by atoms with E-state index in [9.17, 15) is 29.7 Å². The fourth-order valence-electron chi connectivity index (χ4n) is 6.37. The fourth-order valence-corrected chi connectivity index (χ4v) is 6.37. The molecular formula is C36H62N6O12. The normalized spacial score (nSPS) is 32.4. The van der Waals surface area contributed by atoms with Gasteiger partial charge >= 0.3 is 12.2 Å². The van der Waals surface area contributed by atoms with Crippen LogP contribution in [0.2, 0.25) is 0 Å². The Balaban J connectivity index is 1.51. The van der Waals surface area contributed by atoms with Crippen LogP contribution in [0.5, 0.6) is 0 Å². The maximum atomic E-state index is 13.2. The summed E-state index contributed by atoms with van der Waals surface area (Å²) in [6, 6.07) is -3.55. The summed E-state index contributed by atoms with van der Waals surface area (Å²) < 4.78 is 35.1. The topological polar surface area (TPSA) is 259 Å². The van der Waals surface area contributed by atoms with E-state index in [-0.39, 0.29) is 13.0 Å². The second-order valence-electron chi connectivity index (χ2n) is 16.6. The average molecular weight is 771 g/mol. The van der Waals surface area contributed by atoms with Crippen molar-refractivity contribution in [1.82, 2.24) is 20.9 Å². The Morgan fingerprint density at radius 2 is 1.65 bits per heavy atom. The standard InChI is InChI=1S/C36H62N6O12/c1-18-17-49-32(26(44)25(18)42(8)34(48)54-36(5,6)7)52-29-23(41-30(46)24(43)16-40-33(47)53-35(2,3)4)13-22(38)28(27(29)45)51-31-21(37)12-11-20(50-31)15-39-14-19-9-10-19/h11,19,21-29,31-32,39,43-45H,1,9-10,12-17,37-38H2,2-8H3,(H,40,47)(H,41,46)/t21-,22+,23-,24+,25+,26-,27+,28-,29+,31-,32-/m1/s1. The zero-order valence-electron chi connectivity index (χ0n) is 32.5. The third kappa shape index (κ3) is 12.5. The van der Waals surface area contributed by atoms with E-state index in [1.165, 1.54) is 24.8 Å². The summed E-state index contributed by atoms with van der Waals surface area (Å²) in [5, 5.41) is 42.4. The molecule has 4 aliphatic rings. The Morgan fingerprint density at radius 3 is 2.28 bits per heavy atom. The van der Waals surface area contributed by atoms with Gasteiger partial charge in [0.2, 0.25) is 6.29 Å². The Bertz CT molecular complexity index is 1350. The zero-order valence-corrected chi connectivity index (χ0v) is 32.5. The molecule has 3 amide bonds. The maximum absolute atomic E-state index is 13.2. The number of hydrogen-bond acceptors (Lipinski definition) is 15. The van der Waals surface area contributed by atoms with E-state index >= 15 is 0 Å². The van der Waals surface area contributed by atoms with E-state index in [4.69, 9.17) is 39.9 Å². The molecule has 1 saturated heterocycles. The second-order valence-corrected chi connectivity index (χ2v) is 16.6. The molecule has 2 aliphatic carbocycles. The van der Waals surface area contributed by atoms with Crippen LogP contribution in [-0.4, -0.2) is 150 Å². The van der Waals surface area contributed by atoms with Gasteiger partial charge in [-0.25, -0.2) is 9.59 Å². The summed E-state index contributed by atoms with van der Waals surface area (Å²) in [5.74, 6) is 0.409. The van der Waals surface area contributed by atoms with Gasteiger partial charge in [0.15, 0.2) is 6.29 Å². The SMILES string of the molecule is C=C1CO[C@H](O[C@@H]2[C@@H](O)[C@H](O[C@H]3OC(CNCC4CC4)=CC[C@H]3N)[C@@H](N)C[C@H]2NC(=O)[C@@H](O)CNC(=O)OC(C)(C)C)[C@H](O)[C@H]1N(C)C(=O)OC(C)(C)C. The number of nitrogens with zero attached hydrogens (tertiary/aromatic N) is 1. The summed E-state index contributed by atoms with van der Waals surface area (Å²) in [6.07, 6.45) is -6.53. The van der Waals surface area contributed by atoms with Crippen molar-refractivity contribution in [2.75, 3.05) is 33.3 Å².